The maximum atomic E-state index is 12.9. The Balaban J connectivity index is 1.36. The zero-order valence-corrected chi connectivity index (χ0v) is 20.4. The Bertz CT molecular complexity index is 1040. The molecule has 0 unspecified atom stereocenters. The van der Waals surface area contributed by atoms with E-state index in [4.69, 9.17) is 4.74 Å². The van der Waals surface area contributed by atoms with Crippen molar-refractivity contribution >= 4 is 18.0 Å². The van der Waals surface area contributed by atoms with Crippen molar-refractivity contribution in [2.24, 2.45) is 11.8 Å². The molecule has 4 rings (SSSR count). The molecule has 3 atom stereocenters. The Morgan fingerprint density at radius 2 is 1.69 bits per heavy atom. The van der Waals surface area contributed by atoms with E-state index in [1.165, 1.54) is 11.1 Å². The second kappa shape index (κ2) is 10.9. The fraction of sp³-hybridized carbons (Fsp3) is 0.464. The molecule has 1 heterocycles. The van der Waals surface area contributed by atoms with Crippen LogP contribution in [0.1, 0.15) is 56.6 Å². The Morgan fingerprint density at radius 1 is 1.06 bits per heavy atom. The van der Waals surface area contributed by atoms with Gasteiger partial charge >= 0.3 is 12.1 Å². The first-order valence-corrected chi connectivity index (χ1v) is 12.5. The normalized spacial score (nSPS) is 19.7. The fourth-order valence-corrected chi connectivity index (χ4v) is 5.31. The van der Waals surface area contributed by atoms with Crippen molar-refractivity contribution < 1.29 is 24.2 Å². The number of hydrogen-bond acceptors (Lipinski definition) is 4. The molecular formula is C28H34N2O5. The van der Waals surface area contributed by atoms with Crippen molar-refractivity contribution in [3.05, 3.63) is 59.7 Å². The Kier molecular flexibility index (Phi) is 7.73. The molecule has 2 aliphatic rings. The van der Waals surface area contributed by atoms with Crippen molar-refractivity contribution in [1.82, 2.24) is 10.2 Å². The summed E-state index contributed by atoms with van der Waals surface area (Å²) in [7, 11) is 0. The summed E-state index contributed by atoms with van der Waals surface area (Å²) < 4.78 is 5.67. The van der Waals surface area contributed by atoms with Gasteiger partial charge in [0.1, 0.15) is 6.61 Å². The molecule has 1 fully saturated rings. The number of carboxylic acids is 1. The molecule has 2 amide bonds. The predicted molar refractivity (Wildman–Crippen MR) is 133 cm³/mol. The lowest BCUT2D eigenvalue weighted by atomic mass is 9.98. The van der Waals surface area contributed by atoms with Crippen LogP contribution < -0.4 is 5.32 Å². The predicted octanol–water partition coefficient (Wildman–Crippen LogP) is 4.65. The fourth-order valence-electron chi connectivity index (χ4n) is 5.31. The number of alkyl carbamates (subject to hydrolysis) is 1. The van der Waals surface area contributed by atoms with E-state index in [9.17, 15) is 19.5 Å². The number of likely N-dealkylation sites (tertiary alicyclic amines) is 1. The number of benzene rings is 2. The molecule has 35 heavy (non-hydrogen) atoms. The van der Waals surface area contributed by atoms with Crippen LogP contribution in [0.3, 0.4) is 0 Å². The van der Waals surface area contributed by atoms with Gasteiger partial charge in [-0.1, -0.05) is 75.2 Å². The van der Waals surface area contributed by atoms with E-state index in [0.29, 0.717) is 13.0 Å². The number of hydrogen-bond donors (Lipinski definition) is 2. The third kappa shape index (κ3) is 5.50. The van der Waals surface area contributed by atoms with Crippen LogP contribution in [0.15, 0.2) is 48.5 Å². The first-order valence-electron chi connectivity index (χ1n) is 12.5. The minimum atomic E-state index is -0.868. The number of carbonyl (C=O) groups is 3. The van der Waals surface area contributed by atoms with Crippen LogP contribution in [0.4, 0.5) is 4.79 Å². The highest BCUT2D eigenvalue weighted by molar-refractivity contribution is 5.81. The number of nitrogens with zero attached hydrogens (tertiary/aromatic N) is 1. The van der Waals surface area contributed by atoms with Gasteiger partial charge in [-0.05, 0) is 34.6 Å². The lowest BCUT2D eigenvalue weighted by Crippen LogP contribution is -2.41. The lowest BCUT2D eigenvalue weighted by Gasteiger charge is -2.23. The zero-order chi connectivity index (χ0) is 24.9. The van der Waals surface area contributed by atoms with Crippen molar-refractivity contribution in [3.63, 3.8) is 0 Å². The Labute approximate surface area is 206 Å². The van der Waals surface area contributed by atoms with Crippen LogP contribution in [0.25, 0.3) is 11.1 Å². The van der Waals surface area contributed by atoms with E-state index in [2.05, 4.69) is 36.5 Å². The Hall–Kier alpha value is -3.35. The van der Waals surface area contributed by atoms with E-state index in [0.717, 1.165) is 24.0 Å². The van der Waals surface area contributed by atoms with E-state index in [1.54, 1.807) is 4.90 Å². The first-order chi connectivity index (χ1) is 16.9. The Morgan fingerprint density at radius 3 is 2.26 bits per heavy atom. The molecule has 0 aromatic heterocycles. The zero-order valence-electron chi connectivity index (χ0n) is 20.4. The summed E-state index contributed by atoms with van der Waals surface area (Å²) in [6, 6.07) is 16.0. The number of ether oxygens (including phenoxy) is 1. The summed E-state index contributed by atoms with van der Waals surface area (Å²) >= 11 is 0. The maximum absolute atomic E-state index is 12.9. The number of amides is 2. The van der Waals surface area contributed by atoms with Gasteiger partial charge in [0.05, 0.1) is 5.92 Å². The van der Waals surface area contributed by atoms with Crippen molar-refractivity contribution in [2.75, 3.05) is 19.7 Å². The minimum absolute atomic E-state index is 0.0251. The van der Waals surface area contributed by atoms with Gasteiger partial charge < -0.3 is 20.1 Å². The highest BCUT2D eigenvalue weighted by Gasteiger charge is 2.37. The number of carboxylic acid groups (broad SMARTS) is 1. The highest BCUT2D eigenvalue weighted by Crippen LogP contribution is 2.44. The summed E-state index contributed by atoms with van der Waals surface area (Å²) in [5, 5.41) is 12.3. The number of carbonyl (C=O) groups excluding carboxylic acids is 2. The van der Waals surface area contributed by atoms with Gasteiger partial charge in [-0.2, -0.15) is 0 Å². The largest absolute Gasteiger partial charge is 0.481 e. The summed E-state index contributed by atoms with van der Waals surface area (Å²) in [6.45, 7) is 4.79. The van der Waals surface area contributed by atoms with E-state index in [-0.39, 0.29) is 43.4 Å². The van der Waals surface area contributed by atoms with Gasteiger partial charge in [-0.15, -0.1) is 0 Å². The average Bonchev–Trinajstić information content (AvgIpc) is 3.39. The van der Waals surface area contributed by atoms with E-state index >= 15 is 0 Å². The van der Waals surface area contributed by atoms with Gasteiger partial charge in [-0.3, -0.25) is 9.59 Å². The maximum Gasteiger partial charge on any atom is 0.407 e. The van der Waals surface area contributed by atoms with Gasteiger partial charge in [0.15, 0.2) is 0 Å². The van der Waals surface area contributed by atoms with E-state index in [1.807, 2.05) is 31.2 Å². The third-order valence-corrected chi connectivity index (χ3v) is 7.28. The topological polar surface area (TPSA) is 95.9 Å². The summed E-state index contributed by atoms with van der Waals surface area (Å²) in [5.74, 6) is -1.64. The first kappa shape index (κ1) is 24.8. The van der Waals surface area contributed by atoms with Crippen LogP contribution in [-0.4, -0.2) is 53.7 Å². The average molecular weight is 479 g/mol. The number of fused-ring (bicyclic) bond motifs is 3. The van der Waals surface area contributed by atoms with Crippen molar-refractivity contribution in [1.29, 1.82) is 0 Å². The minimum Gasteiger partial charge on any atom is -0.481 e. The third-order valence-electron chi connectivity index (χ3n) is 7.28. The van der Waals surface area contributed by atoms with Crippen molar-refractivity contribution in [3.8, 4) is 11.1 Å². The van der Waals surface area contributed by atoms with Crippen LogP contribution >= 0.6 is 0 Å². The molecule has 1 aliphatic heterocycles. The molecule has 0 bridgehead atoms. The van der Waals surface area contributed by atoms with Gasteiger partial charge in [0.2, 0.25) is 5.91 Å². The van der Waals surface area contributed by atoms with Gasteiger partial charge in [-0.25, -0.2) is 4.79 Å². The molecule has 0 spiro atoms. The molecule has 0 saturated carbocycles. The molecule has 2 N–H and O–H groups in total. The molecule has 186 valence electrons. The quantitative estimate of drug-likeness (QED) is 0.547. The van der Waals surface area contributed by atoms with Gasteiger partial charge in [0, 0.05) is 31.5 Å². The highest BCUT2D eigenvalue weighted by atomic mass is 16.5. The SMILES string of the molecule is CCCC[C@@H](CC(=O)N1C[C@H](C(=O)O)[C@@H](C)C1)NC(=O)OCC1c2ccccc2-c2ccccc21. The van der Waals surface area contributed by atoms with Gasteiger partial charge in [0.25, 0.3) is 0 Å². The molecule has 0 radical (unpaired) electrons. The molecule has 1 aliphatic carbocycles. The van der Waals surface area contributed by atoms with E-state index < -0.39 is 18.0 Å². The smallest absolute Gasteiger partial charge is 0.407 e. The van der Waals surface area contributed by atoms with Crippen LogP contribution in [-0.2, 0) is 14.3 Å². The summed E-state index contributed by atoms with van der Waals surface area (Å²) in [4.78, 5) is 38.7. The number of nitrogens with one attached hydrogen (secondary N) is 1. The van der Waals surface area contributed by atoms with Crippen LogP contribution in [0.2, 0.25) is 0 Å². The van der Waals surface area contributed by atoms with Crippen molar-refractivity contribution in [2.45, 2.75) is 51.5 Å². The van der Waals surface area contributed by atoms with Crippen LogP contribution in [0, 0.1) is 11.8 Å². The number of aliphatic carboxylic acids is 1. The standard InChI is InChI=1S/C28H34N2O5/c1-3-4-9-19(14-26(31)30-15-18(2)24(16-30)27(32)33)29-28(34)35-17-25-22-12-7-5-10-20(22)21-11-6-8-13-23(21)25/h5-8,10-13,18-19,24-25H,3-4,9,14-17H2,1-2H3,(H,29,34)(H,32,33)/t18-,19-,24-/m0/s1. The molecule has 1 saturated heterocycles. The molecular weight excluding hydrogens is 444 g/mol. The molecule has 7 heteroatoms. The lowest BCUT2D eigenvalue weighted by molar-refractivity contribution is -0.142. The molecule has 2 aromatic rings. The summed E-state index contributed by atoms with van der Waals surface area (Å²) in [6.07, 6.45) is 2.09. The summed E-state index contributed by atoms with van der Waals surface area (Å²) in [5.41, 5.74) is 4.64. The molecule has 2 aromatic carbocycles. The number of rotatable bonds is 9. The second-order valence-corrected chi connectivity index (χ2v) is 9.73. The number of unbranched alkanes of at least 4 members (excludes halogenated alkanes) is 1. The second-order valence-electron chi connectivity index (χ2n) is 9.73. The monoisotopic (exact) mass is 478 g/mol. The van der Waals surface area contributed by atoms with Crippen LogP contribution in [0.5, 0.6) is 0 Å². The molecule has 7 nitrogen and oxygen atoms in total.